The van der Waals surface area contributed by atoms with Crippen molar-refractivity contribution in [2.45, 2.75) is 38.8 Å². The van der Waals surface area contributed by atoms with Crippen LogP contribution in [0.15, 0.2) is 30.3 Å². The van der Waals surface area contributed by atoms with Gasteiger partial charge in [0, 0.05) is 25.3 Å². The average Bonchev–Trinajstić information content (AvgIpc) is 2.90. The maximum absolute atomic E-state index is 9.25. The van der Waals surface area contributed by atoms with E-state index in [1.807, 2.05) is 23.7 Å². The molecular weight excluding hydrogens is 298 g/mol. The molecule has 126 valence electrons. The molecular formula is C20H25N3O. The van der Waals surface area contributed by atoms with Gasteiger partial charge in [0.25, 0.3) is 0 Å². The maximum atomic E-state index is 9.25. The summed E-state index contributed by atoms with van der Waals surface area (Å²) in [7, 11) is 3.68. The summed E-state index contributed by atoms with van der Waals surface area (Å²) in [5.74, 6) is 0.917. The zero-order valence-corrected chi connectivity index (χ0v) is 14.7. The molecule has 0 spiro atoms. The number of ether oxygens (including phenoxy) is 1. The van der Waals surface area contributed by atoms with Gasteiger partial charge in [-0.1, -0.05) is 18.6 Å². The lowest BCUT2D eigenvalue weighted by atomic mass is 9.94. The monoisotopic (exact) mass is 323 g/mol. The molecule has 3 rings (SSSR count). The highest BCUT2D eigenvalue weighted by Crippen LogP contribution is 2.34. The molecule has 1 aliphatic rings. The second kappa shape index (κ2) is 7.11. The van der Waals surface area contributed by atoms with Crippen LogP contribution in [0.25, 0.3) is 0 Å². The minimum Gasteiger partial charge on any atom is -0.497 e. The molecule has 1 aromatic carbocycles. The molecule has 4 heteroatoms. The highest BCUT2D eigenvalue weighted by atomic mass is 16.5. The largest absolute Gasteiger partial charge is 0.497 e. The summed E-state index contributed by atoms with van der Waals surface area (Å²) in [5.41, 5.74) is 4.49. The van der Waals surface area contributed by atoms with Crippen molar-refractivity contribution in [3.63, 3.8) is 0 Å². The first kappa shape index (κ1) is 16.6. The molecule has 1 aliphatic heterocycles. The number of rotatable bonds is 4. The zero-order chi connectivity index (χ0) is 17.1. The van der Waals surface area contributed by atoms with E-state index in [1.165, 1.54) is 36.1 Å². The van der Waals surface area contributed by atoms with Crippen LogP contribution in [0.3, 0.4) is 0 Å². The maximum Gasteiger partial charge on any atom is 0.120 e. The SMILES string of the molecule is COc1cccc([C@H]2CCCCN2Cc2cc(C#N)n(C)c2C)c1. The molecule has 0 amide bonds. The van der Waals surface area contributed by atoms with E-state index in [9.17, 15) is 5.26 Å². The van der Waals surface area contributed by atoms with Crippen LogP contribution in [0, 0.1) is 18.3 Å². The van der Waals surface area contributed by atoms with Crippen molar-refractivity contribution < 1.29 is 4.74 Å². The molecule has 1 atom stereocenters. The third-order valence-corrected chi connectivity index (χ3v) is 5.22. The zero-order valence-electron chi connectivity index (χ0n) is 14.7. The first-order chi connectivity index (χ1) is 11.6. The van der Waals surface area contributed by atoms with Gasteiger partial charge in [-0.3, -0.25) is 4.90 Å². The van der Waals surface area contributed by atoms with Gasteiger partial charge in [-0.05, 0) is 55.6 Å². The number of nitrogens with zero attached hydrogens (tertiary/aromatic N) is 3. The number of aromatic nitrogens is 1. The molecule has 0 saturated carbocycles. The van der Waals surface area contributed by atoms with Gasteiger partial charge in [0.1, 0.15) is 17.5 Å². The van der Waals surface area contributed by atoms with E-state index in [1.54, 1.807) is 7.11 Å². The van der Waals surface area contributed by atoms with Gasteiger partial charge in [-0.2, -0.15) is 5.26 Å². The predicted octanol–water partition coefficient (Wildman–Crippen LogP) is 3.94. The first-order valence-corrected chi connectivity index (χ1v) is 8.57. The Balaban J connectivity index is 1.86. The molecule has 1 fully saturated rings. The van der Waals surface area contributed by atoms with Crippen LogP contribution in [-0.2, 0) is 13.6 Å². The number of nitriles is 1. The molecule has 0 bridgehead atoms. The average molecular weight is 323 g/mol. The van der Waals surface area contributed by atoms with Gasteiger partial charge in [0.15, 0.2) is 0 Å². The first-order valence-electron chi connectivity index (χ1n) is 8.57. The number of hydrogen-bond donors (Lipinski definition) is 0. The van der Waals surface area contributed by atoms with Crippen molar-refractivity contribution in [3.8, 4) is 11.8 Å². The van der Waals surface area contributed by atoms with E-state index in [4.69, 9.17) is 4.74 Å². The topological polar surface area (TPSA) is 41.2 Å². The van der Waals surface area contributed by atoms with Crippen LogP contribution in [0.2, 0.25) is 0 Å². The second-order valence-corrected chi connectivity index (χ2v) is 6.57. The van der Waals surface area contributed by atoms with Gasteiger partial charge in [0.05, 0.1) is 7.11 Å². The highest BCUT2D eigenvalue weighted by molar-refractivity contribution is 5.35. The highest BCUT2D eigenvalue weighted by Gasteiger charge is 2.25. The minimum absolute atomic E-state index is 0.416. The van der Waals surface area contributed by atoms with Crippen molar-refractivity contribution in [1.29, 1.82) is 5.26 Å². The molecule has 0 unspecified atom stereocenters. The normalized spacial score (nSPS) is 18.3. The smallest absolute Gasteiger partial charge is 0.120 e. The minimum atomic E-state index is 0.416. The van der Waals surface area contributed by atoms with Crippen LogP contribution in [0.1, 0.15) is 47.8 Å². The summed E-state index contributed by atoms with van der Waals surface area (Å²) in [6, 6.07) is 13.2. The van der Waals surface area contributed by atoms with Crippen LogP contribution in [0.4, 0.5) is 0 Å². The molecule has 2 heterocycles. The van der Waals surface area contributed by atoms with Gasteiger partial charge < -0.3 is 9.30 Å². The van der Waals surface area contributed by atoms with Crippen LogP contribution in [-0.4, -0.2) is 23.1 Å². The number of hydrogen-bond acceptors (Lipinski definition) is 3. The Hall–Kier alpha value is -2.25. The number of benzene rings is 1. The van der Waals surface area contributed by atoms with Crippen molar-refractivity contribution in [2.24, 2.45) is 7.05 Å². The molecule has 1 saturated heterocycles. The van der Waals surface area contributed by atoms with Crippen LogP contribution < -0.4 is 4.74 Å². The van der Waals surface area contributed by atoms with E-state index in [0.29, 0.717) is 6.04 Å². The number of likely N-dealkylation sites (tertiary alicyclic amines) is 1. The van der Waals surface area contributed by atoms with Crippen molar-refractivity contribution in [2.75, 3.05) is 13.7 Å². The molecule has 0 N–H and O–H groups in total. The van der Waals surface area contributed by atoms with Gasteiger partial charge in [-0.15, -0.1) is 0 Å². The van der Waals surface area contributed by atoms with Crippen molar-refractivity contribution in [3.05, 3.63) is 52.8 Å². The molecule has 0 aliphatic carbocycles. The van der Waals surface area contributed by atoms with Crippen molar-refractivity contribution in [1.82, 2.24) is 9.47 Å². The number of methoxy groups -OCH3 is 1. The fourth-order valence-electron chi connectivity index (χ4n) is 3.66. The fourth-order valence-corrected chi connectivity index (χ4v) is 3.66. The second-order valence-electron chi connectivity index (χ2n) is 6.57. The summed E-state index contributed by atoms with van der Waals surface area (Å²) in [6.45, 7) is 4.09. The molecule has 2 aromatic rings. The third-order valence-electron chi connectivity index (χ3n) is 5.22. The Morgan fingerprint density at radius 3 is 2.83 bits per heavy atom. The predicted molar refractivity (Wildman–Crippen MR) is 94.9 cm³/mol. The molecule has 24 heavy (non-hydrogen) atoms. The van der Waals surface area contributed by atoms with E-state index >= 15 is 0 Å². The quantitative estimate of drug-likeness (QED) is 0.856. The van der Waals surface area contributed by atoms with E-state index in [-0.39, 0.29) is 0 Å². The Morgan fingerprint density at radius 2 is 2.12 bits per heavy atom. The molecule has 0 radical (unpaired) electrons. The van der Waals surface area contributed by atoms with E-state index < -0.39 is 0 Å². The summed E-state index contributed by atoms with van der Waals surface area (Å²) >= 11 is 0. The summed E-state index contributed by atoms with van der Waals surface area (Å²) in [4.78, 5) is 2.54. The van der Waals surface area contributed by atoms with E-state index in [2.05, 4.69) is 36.1 Å². The Morgan fingerprint density at radius 1 is 1.29 bits per heavy atom. The fraction of sp³-hybridized carbons (Fsp3) is 0.450. The Kier molecular flexibility index (Phi) is 4.92. The molecule has 1 aromatic heterocycles. The van der Waals surface area contributed by atoms with E-state index in [0.717, 1.165) is 24.5 Å². The lowest BCUT2D eigenvalue weighted by molar-refractivity contribution is 0.140. The summed E-state index contributed by atoms with van der Waals surface area (Å²) < 4.78 is 7.38. The van der Waals surface area contributed by atoms with Gasteiger partial charge in [-0.25, -0.2) is 0 Å². The molecule has 4 nitrogen and oxygen atoms in total. The standard InChI is InChI=1S/C20H25N3O/c1-15-17(11-18(13-21)22(15)2)14-23-10-5-4-9-20(23)16-7-6-8-19(12-16)24-3/h6-8,11-12,20H,4-5,9-10,14H2,1-3H3/t20-/m1/s1. The number of piperidine rings is 1. The Labute approximate surface area is 144 Å². The lowest BCUT2D eigenvalue weighted by Gasteiger charge is -2.36. The summed E-state index contributed by atoms with van der Waals surface area (Å²) in [5, 5.41) is 9.25. The van der Waals surface area contributed by atoms with Gasteiger partial charge >= 0.3 is 0 Å². The van der Waals surface area contributed by atoms with Crippen molar-refractivity contribution >= 4 is 0 Å². The Bertz CT molecular complexity index is 757. The third kappa shape index (κ3) is 3.18. The summed E-state index contributed by atoms with van der Waals surface area (Å²) in [6.07, 6.45) is 3.66. The van der Waals surface area contributed by atoms with Crippen LogP contribution >= 0.6 is 0 Å². The lowest BCUT2D eigenvalue weighted by Crippen LogP contribution is -2.33. The van der Waals surface area contributed by atoms with Crippen LogP contribution in [0.5, 0.6) is 5.75 Å². The van der Waals surface area contributed by atoms with Gasteiger partial charge in [0.2, 0.25) is 0 Å².